The van der Waals surface area contributed by atoms with Gasteiger partial charge in [-0.1, -0.05) is 12.2 Å². The first-order chi connectivity index (χ1) is 13.9. The normalized spacial score (nSPS) is 24.0. The number of nitrogens with one attached hydrogen (secondary N) is 2. The van der Waals surface area contributed by atoms with E-state index in [0.29, 0.717) is 25.9 Å². The molecular formula is C19H27N5O4S. The monoisotopic (exact) mass is 421 g/mol. The third kappa shape index (κ3) is 5.19. The molecule has 0 radical (unpaired) electrons. The van der Waals surface area contributed by atoms with Crippen molar-refractivity contribution in [3.05, 3.63) is 11.0 Å². The van der Waals surface area contributed by atoms with Gasteiger partial charge in [0.25, 0.3) is 0 Å². The molecule has 1 atom stereocenters. The largest absolute Gasteiger partial charge is 0.763 e. The summed E-state index contributed by atoms with van der Waals surface area (Å²) >= 11 is 5.07. The van der Waals surface area contributed by atoms with Gasteiger partial charge in [0.15, 0.2) is 0 Å². The van der Waals surface area contributed by atoms with Gasteiger partial charge in [-0.25, -0.2) is 4.79 Å². The number of nitriles is 1. The number of hydrogen-bond donors (Lipinski definition) is 2. The topological polar surface area (TPSA) is 118 Å². The highest BCUT2D eigenvalue weighted by atomic mass is 32.1. The van der Waals surface area contributed by atoms with Crippen LogP contribution in [-0.2, 0) is 14.3 Å². The Morgan fingerprint density at radius 2 is 2.07 bits per heavy atom. The van der Waals surface area contributed by atoms with Crippen LogP contribution >= 0.6 is 12.2 Å². The maximum absolute atomic E-state index is 12.0. The van der Waals surface area contributed by atoms with Gasteiger partial charge >= 0.3 is 6.09 Å². The number of carbonyl (C=O) groups is 2. The van der Waals surface area contributed by atoms with E-state index in [4.69, 9.17) is 21.7 Å². The number of hydrogen-bond acceptors (Lipinski definition) is 6. The van der Waals surface area contributed by atoms with E-state index in [1.165, 1.54) is 18.0 Å². The van der Waals surface area contributed by atoms with Crippen LogP contribution < -0.4 is 10.2 Å². The average Bonchev–Trinajstić information content (AvgIpc) is 2.70. The summed E-state index contributed by atoms with van der Waals surface area (Å²) in [6, 6.07) is 1.99. The summed E-state index contributed by atoms with van der Waals surface area (Å²) in [7, 11) is 2.20. The first-order valence-corrected chi connectivity index (χ1v) is 10.1. The molecule has 3 aliphatic heterocycles. The maximum Gasteiger partial charge on any atom is 0.409 e. The smallest absolute Gasteiger partial charge is 0.409 e. The van der Waals surface area contributed by atoms with Crippen molar-refractivity contribution in [2.75, 3.05) is 53.0 Å². The van der Waals surface area contributed by atoms with Gasteiger partial charge < -0.3 is 30.0 Å². The fourth-order valence-corrected chi connectivity index (χ4v) is 4.12. The van der Waals surface area contributed by atoms with E-state index in [1.807, 2.05) is 11.9 Å². The van der Waals surface area contributed by atoms with E-state index >= 15 is 0 Å². The van der Waals surface area contributed by atoms with Crippen molar-refractivity contribution in [3.63, 3.8) is 0 Å². The Morgan fingerprint density at radius 3 is 2.52 bits per heavy atom. The minimum absolute atomic E-state index is 0.0867. The molecule has 9 nitrogen and oxygen atoms in total. The number of nitrogens with zero attached hydrogens (tertiary/aromatic N) is 3. The first-order valence-electron chi connectivity index (χ1n) is 9.72. The van der Waals surface area contributed by atoms with Gasteiger partial charge in [-0.2, -0.15) is 5.26 Å². The highest BCUT2D eigenvalue weighted by molar-refractivity contribution is 7.80. The van der Waals surface area contributed by atoms with Crippen LogP contribution in [-0.4, -0.2) is 80.8 Å². The van der Waals surface area contributed by atoms with Crippen molar-refractivity contribution < 1.29 is 24.0 Å². The van der Waals surface area contributed by atoms with Crippen LogP contribution in [0.4, 0.5) is 4.79 Å². The van der Waals surface area contributed by atoms with Crippen molar-refractivity contribution in [2.45, 2.75) is 19.8 Å². The molecule has 2 N–H and O–H groups in total. The molecule has 3 heterocycles. The molecule has 0 aromatic heterocycles. The van der Waals surface area contributed by atoms with Gasteiger partial charge in [0.2, 0.25) is 5.91 Å². The molecule has 0 saturated carbocycles. The molecule has 158 valence electrons. The SMILES string of the molecule is CCOC(=O)N1CCC2(CC1)C(=C=[N-])C(=S)NC(=O)C2C#N.C[NH+]1CCOCC1. The zero-order valence-corrected chi connectivity index (χ0v) is 17.6. The second kappa shape index (κ2) is 10.5. The number of likely N-dealkylation sites (N-methyl/N-ethyl adjacent to an activating group) is 1. The van der Waals surface area contributed by atoms with Crippen molar-refractivity contribution >= 4 is 35.1 Å². The molecule has 3 rings (SSSR count). The molecule has 0 aliphatic carbocycles. The van der Waals surface area contributed by atoms with E-state index in [9.17, 15) is 20.3 Å². The second-order valence-electron chi connectivity index (χ2n) is 7.28. The summed E-state index contributed by atoms with van der Waals surface area (Å²) in [5, 5.41) is 21.2. The molecule has 3 saturated heterocycles. The molecule has 29 heavy (non-hydrogen) atoms. The zero-order valence-electron chi connectivity index (χ0n) is 16.8. The lowest BCUT2D eigenvalue weighted by molar-refractivity contribution is -0.888. The van der Waals surface area contributed by atoms with Gasteiger partial charge in [-0.15, -0.1) is 0 Å². The molecule has 1 spiro atoms. The fraction of sp³-hybridized carbons (Fsp3) is 0.684. The Labute approximate surface area is 176 Å². The number of likely N-dealkylation sites (tertiary alicyclic amines) is 1. The van der Waals surface area contributed by atoms with E-state index in [2.05, 4.69) is 12.4 Å². The highest BCUT2D eigenvalue weighted by Crippen LogP contribution is 2.46. The lowest BCUT2D eigenvalue weighted by Gasteiger charge is -2.47. The quantitative estimate of drug-likeness (QED) is 0.335. The van der Waals surface area contributed by atoms with Crippen LogP contribution in [0.5, 0.6) is 0 Å². The third-order valence-electron chi connectivity index (χ3n) is 5.55. The van der Waals surface area contributed by atoms with Crippen LogP contribution in [0.15, 0.2) is 5.57 Å². The fourth-order valence-electron chi connectivity index (χ4n) is 3.77. The summed E-state index contributed by atoms with van der Waals surface area (Å²) < 4.78 is 10.1. The first kappa shape index (κ1) is 23.0. The predicted octanol–water partition coefficient (Wildman–Crippen LogP) is -0.481. The van der Waals surface area contributed by atoms with Crippen LogP contribution in [0.25, 0.3) is 5.41 Å². The van der Waals surface area contributed by atoms with Crippen molar-refractivity contribution in [3.8, 4) is 6.07 Å². The van der Waals surface area contributed by atoms with Gasteiger partial charge in [-0.05, 0) is 19.8 Å². The van der Waals surface area contributed by atoms with E-state index in [0.717, 1.165) is 13.2 Å². The van der Waals surface area contributed by atoms with Gasteiger partial charge in [0.05, 0.1) is 32.9 Å². The van der Waals surface area contributed by atoms with Crippen molar-refractivity contribution in [2.24, 2.45) is 11.3 Å². The third-order valence-corrected chi connectivity index (χ3v) is 5.85. The molecule has 0 aromatic rings. The summed E-state index contributed by atoms with van der Waals surface area (Å²) in [5.74, 6) is 0.593. The van der Waals surface area contributed by atoms with E-state index in [-0.39, 0.29) is 17.2 Å². The predicted molar refractivity (Wildman–Crippen MR) is 109 cm³/mol. The Hall–Kier alpha value is -2.31. The van der Waals surface area contributed by atoms with Crippen LogP contribution in [0.1, 0.15) is 19.8 Å². The Balaban J connectivity index is 0.000000360. The summed E-state index contributed by atoms with van der Waals surface area (Å²) in [6.45, 7) is 6.90. The number of ether oxygens (including phenoxy) is 2. The maximum atomic E-state index is 12.0. The molecule has 1 unspecified atom stereocenters. The van der Waals surface area contributed by atoms with Gasteiger partial charge in [0, 0.05) is 24.1 Å². The number of morpholine rings is 1. The zero-order chi connectivity index (χ0) is 21.4. The molecule has 2 amide bonds. The molecule has 10 heteroatoms. The lowest BCUT2D eigenvalue weighted by atomic mass is 9.62. The molecular weight excluding hydrogens is 394 g/mol. The van der Waals surface area contributed by atoms with Crippen molar-refractivity contribution in [1.29, 1.82) is 5.26 Å². The van der Waals surface area contributed by atoms with Gasteiger partial charge in [-0.3, -0.25) is 10.7 Å². The van der Waals surface area contributed by atoms with Gasteiger partial charge in [0.1, 0.15) is 24.0 Å². The van der Waals surface area contributed by atoms with E-state index < -0.39 is 23.3 Å². The Bertz CT molecular complexity index is 729. The number of thiocarbonyl (C=S) groups is 1. The Kier molecular flexibility index (Phi) is 8.29. The average molecular weight is 422 g/mol. The summed E-state index contributed by atoms with van der Waals surface area (Å²) in [6.07, 6.45) is 0.244. The number of quaternary nitrogens is 1. The highest BCUT2D eigenvalue weighted by Gasteiger charge is 2.52. The summed E-state index contributed by atoms with van der Waals surface area (Å²) in [4.78, 5) is 27.0. The van der Waals surface area contributed by atoms with Crippen LogP contribution in [0.2, 0.25) is 0 Å². The number of piperidine rings is 2. The van der Waals surface area contributed by atoms with Crippen molar-refractivity contribution in [1.82, 2.24) is 10.2 Å². The molecule has 0 aromatic carbocycles. The molecule has 3 fully saturated rings. The number of carbonyl (C=O) groups excluding carboxylic acids is 2. The minimum atomic E-state index is -0.974. The van der Waals surface area contributed by atoms with Crippen LogP contribution in [0, 0.1) is 22.7 Å². The Morgan fingerprint density at radius 1 is 1.45 bits per heavy atom. The lowest BCUT2D eigenvalue weighted by Crippen LogP contribution is -3.11. The standard InChI is InChI=1S/C14H15N4O3S.C5H11NO/c1-2-21-13(20)18-5-3-14(4-6-18)9(7-15)11(19)17-12(22)10(14)8-16;1-6-2-4-7-5-3-6/h9H,2-6H2,1H3,(H,17,19,22);2-5H2,1H3/q-1;/p+1. The number of amides is 2. The van der Waals surface area contributed by atoms with Crippen LogP contribution in [0.3, 0.4) is 0 Å². The minimum Gasteiger partial charge on any atom is -0.763 e. The van der Waals surface area contributed by atoms with E-state index in [1.54, 1.807) is 11.8 Å². The molecule has 3 aliphatic rings. The number of rotatable bonds is 1. The molecule has 0 bridgehead atoms. The second-order valence-corrected chi connectivity index (χ2v) is 7.69. The summed E-state index contributed by atoms with van der Waals surface area (Å²) in [5.41, 5.74) is -0.650.